The molecule has 2 unspecified atom stereocenters. The molecule has 1 aliphatic rings. The Labute approximate surface area is 99.2 Å². The molecule has 0 aromatic rings. The van der Waals surface area contributed by atoms with E-state index in [2.05, 4.69) is 35.0 Å². The summed E-state index contributed by atoms with van der Waals surface area (Å²) in [6.45, 7) is 10.1. The molecule has 0 aromatic heterocycles. The van der Waals surface area contributed by atoms with Gasteiger partial charge in [0.15, 0.2) is 0 Å². The van der Waals surface area contributed by atoms with Crippen LogP contribution in [0.15, 0.2) is 0 Å². The van der Waals surface area contributed by atoms with E-state index in [9.17, 15) is 0 Å². The molecule has 16 heavy (non-hydrogen) atoms. The molecule has 0 spiro atoms. The monoisotopic (exact) mass is 224 g/mol. The fraction of sp³-hybridized carbons (Fsp3) is 0.917. The van der Waals surface area contributed by atoms with Crippen LogP contribution >= 0.6 is 0 Å². The van der Waals surface area contributed by atoms with Crippen LogP contribution in [-0.4, -0.2) is 61.7 Å². The summed E-state index contributed by atoms with van der Waals surface area (Å²) < 4.78 is 0. The summed E-state index contributed by atoms with van der Waals surface area (Å²) in [6.07, 6.45) is 0.922. The van der Waals surface area contributed by atoms with Crippen molar-refractivity contribution in [3.63, 3.8) is 0 Å². The van der Waals surface area contributed by atoms with E-state index < -0.39 is 0 Å². The second kappa shape index (κ2) is 6.85. The first kappa shape index (κ1) is 13.4. The van der Waals surface area contributed by atoms with Crippen LogP contribution in [0.25, 0.3) is 0 Å². The number of nitrogens with one attached hydrogen (secondary N) is 1. The largest absolute Gasteiger partial charge is 0.305 e. The summed E-state index contributed by atoms with van der Waals surface area (Å²) in [6, 6.07) is 2.92. The third kappa shape index (κ3) is 3.75. The summed E-state index contributed by atoms with van der Waals surface area (Å²) in [5.74, 6) is 0. The highest BCUT2D eigenvalue weighted by Gasteiger charge is 2.22. The normalized spacial score (nSPS) is 25.2. The van der Waals surface area contributed by atoms with E-state index in [0.717, 1.165) is 39.1 Å². The van der Waals surface area contributed by atoms with Crippen LogP contribution in [0, 0.1) is 11.3 Å². The average Bonchev–Trinajstić information content (AvgIpc) is 2.30. The molecule has 92 valence electrons. The van der Waals surface area contributed by atoms with Gasteiger partial charge in [-0.15, -0.1) is 0 Å². The maximum absolute atomic E-state index is 8.85. The standard InChI is InChI=1S/C12H24N4/c1-4-16-8-7-15(10-11(16)2)6-5-12(9-13)14-3/h11-12,14H,4-8,10H2,1-3H3. The zero-order valence-electron chi connectivity index (χ0n) is 10.7. The van der Waals surface area contributed by atoms with E-state index in [-0.39, 0.29) is 6.04 Å². The highest BCUT2D eigenvalue weighted by Crippen LogP contribution is 2.09. The van der Waals surface area contributed by atoms with Gasteiger partial charge in [0.2, 0.25) is 0 Å². The molecule has 4 heteroatoms. The summed E-state index contributed by atoms with van der Waals surface area (Å²) in [5.41, 5.74) is 0. The van der Waals surface area contributed by atoms with Gasteiger partial charge < -0.3 is 10.2 Å². The molecule has 0 aromatic carbocycles. The minimum Gasteiger partial charge on any atom is -0.305 e. The Hall–Kier alpha value is -0.630. The van der Waals surface area contributed by atoms with Crippen molar-refractivity contribution >= 4 is 0 Å². The van der Waals surface area contributed by atoms with Gasteiger partial charge in [0.1, 0.15) is 0 Å². The lowest BCUT2D eigenvalue weighted by atomic mass is 10.1. The second-order valence-corrected chi connectivity index (χ2v) is 4.54. The van der Waals surface area contributed by atoms with E-state index >= 15 is 0 Å². The first-order chi connectivity index (χ1) is 7.71. The van der Waals surface area contributed by atoms with E-state index in [0.29, 0.717) is 6.04 Å². The van der Waals surface area contributed by atoms with Gasteiger partial charge in [-0.25, -0.2) is 0 Å². The minimum absolute atomic E-state index is 0.000453. The van der Waals surface area contributed by atoms with Gasteiger partial charge in [-0.2, -0.15) is 5.26 Å². The van der Waals surface area contributed by atoms with Crippen molar-refractivity contribution in [2.75, 3.05) is 39.8 Å². The summed E-state index contributed by atoms with van der Waals surface area (Å²) >= 11 is 0. The molecule has 1 heterocycles. The van der Waals surface area contributed by atoms with Crippen LogP contribution in [0.1, 0.15) is 20.3 Å². The van der Waals surface area contributed by atoms with Gasteiger partial charge in [0, 0.05) is 32.2 Å². The van der Waals surface area contributed by atoms with E-state index in [1.165, 1.54) is 0 Å². The Morgan fingerprint density at radius 1 is 1.50 bits per heavy atom. The number of hydrogen-bond acceptors (Lipinski definition) is 4. The first-order valence-corrected chi connectivity index (χ1v) is 6.24. The van der Waals surface area contributed by atoms with Gasteiger partial charge >= 0.3 is 0 Å². The topological polar surface area (TPSA) is 42.3 Å². The van der Waals surface area contributed by atoms with Gasteiger partial charge in [0.25, 0.3) is 0 Å². The maximum Gasteiger partial charge on any atom is 0.0962 e. The van der Waals surface area contributed by atoms with Gasteiger partial charge in [-0.3, -0.25) is 4.90 Å². The molecule has 1 saturated heterocycles. The second-order valence-electron chi connectivity index (χ2n) is 4.54. The number of nitriles is 1. The molecule has 0 bridgehead atoms. The highest BCUT2D eigenvalue weighted by atomic mass is 15.3. The number of likely N-dealkylation sites (N-methyl/N-ethyl adjacent to an activating group) is 1. The minimum atomic E-state index is -0.000453. The molecular formula is C12H24N4. The predicted octanol–water partition coefficient (Wildman–Crippen LogP) is 0.514. The molecular weight excluding hydrogens is 200 g/mol. The van der Waals surface area contributed by atoms with Crippen molar-refractivity contribution in [2.45, 2.75) is 32.4 Å². The third-order valence-corrected chi connectivity index (χ3v) is 3.49. The van der Waals surface area contributed by atoms with Crippen LogP contribution in [0.2, 0.25) is 0 Å². The van der Waals surface area contributed by atoms with E-state index in [1.807, 2.05) is 7.05 Å². The SMILES string of the molecule is CCN1CCN(CCC(C#N)NC)CC1C. The predicted molar refractivity (Wildman–Crippen MR) is 66.2 cm³/mol. The number of rotatable bonds is 5. The molecule has 1 fully saturated rings. The Morgan fingerprint density at radius 2 is 2.25 bits per heavy atom. The average molecular weight is 224 g/mol. The smallest absolute Gasteiger partial charge is 0.0962 e. The summed E-state index contributed by atoms with van der Waals surface area (Å²) in [7, 11) is 1.85. The molecule has 1 rings (SSSR count). The molecule has 0 saturated carbocycles. The van der Waals surface area contributed by atoms with Crippen LogP contribution in [0.3, 0.4) is 0 Å². The Morgan fingerprint density at radius 3 is 2.75 bits per heavy atom. The van der Waals surface area contributed by atoms with Crippen molar-refractivity contribution in [3.8, 4) is 6.07 Å². The molecule has 0 radical (unpaired) electrons. The molecule has 4 nitrogen and oxygen atoms in total. The Kier molecular flexibility index (Phi) is 5.75. The summed E-state index contributed by atoms with van der Waals surface area (Å²) in [5, 5.41) is 11.9. The van der Waals surface area contributed by atoms with Crippen molar-refractivity contribution in [2.24, 2.45) is 0 Å². The Bertz CT molecular complexity index is 236. The van der Waals surface area contributed by atoms with Gasteiger partial charge in [-0.1, -0.05) is 6.92 Å². The van der Waals surface area contributed by atoms with Crippen LogP contribution in [0.4, 0.5) is 0 Å². The lowest BCUT2D eigenvalue weighted by molar-refractivity contribution is 0.0865. The Balaban J connectivity index is 2.28. The van der Waals surface area contributed by atoms with Gasteiger partial charge in [0.05, 0.1) is 12.1 Å². The fourth-order valence-electron chi connectivity index (χ4n) is 2.33. The maximum atomic E-state index is 8.85. The van der Waals surface area contributed by atoms with Crippen LogP contribution < -0.4 is 5.32 Å². The first-order valence-electron chi connectivity index (χ1n) is 6.24. The quantitative estimate of drug-likeness (QED) is 0.739. The van der Waals surface area contributed by atoms with Crippen molar-refractivity contribution < 1.29 is 0 Å². The highest BCUT2D eigenvalue weighted by molar-refractivity contribution is 4.89. The zero-order valence-corrected chi connectivity index (χ0v) is 10.7. The number of piperazine rings is 1. The van der Waals surface area contributed by atoms with Crippen molar-refractivity contribution in [1.29, 1.82) is 5.26 Å². The van der Waals surface area contributed by atoms with Gasteiger partial charge in [-0.05, 0) is 26.9 Å². The third-order valence-electron chi connectivity index (χ3n) is 3.49. The zero-order chi connectivity index (χ0) is 12.0. The molecule has 1 aliphatic heterocycles. The van der Waals surface area contributed by atoms with Crippen molar-refractivity contribution in [3.05, 3.63) is 0 Å². The molecule has 0 amide bonds. The number of hydrogen-bond donors (Lipinski definition) is 1. The van der Waals surface area contributed by atoms with Crippen LogP contribution in [0.5, 0.6) is 0 Å². The molecule has 2 atom stereocenters. The van der Waals surface area contributed by atoms with Crippen molar-refractivity contribution in [1.82, 2.24) is 15.1 Å². The summed E-state index contributed by atoms with van der Waals surface area (Å²) in [4.78, 5) is 4.98. The fourth-order valence-corrected chi connectivity index (χ4v) is 2.33. The van der Waals surface area contributed by atoms with Crippen LogP contribution in [-0.2, 0) is 0 Å². The lowest BCUT2D eigenvalue weighted by Gasteiger charge is -2.39. The number of nitrogens with zero attached hydrogens (tertiary/aromatic N) is 3. The van der Waals surface area contributed by atoms with E-state index in [4.69, 9.17) is 5.26 Å². The molecule has 0 aliphatic carbocycles. The van der Waals surface area contributed by atoms with E-state index in [1.54, 1.807) is 0 Å². The lowest BCUT2D eigenvalue weighted by Crippen LogP contribution is -2.52. The molecule has 1 N–H and O–H groups in total.